The first-order chi connectivity index (χ1) is 14.8. The van der Waals surface area contributed by atoms with E-state index in [2.05, 4.69) is 15.6 Å². The molecule has 31 heavy (non-hydrogen) atoms. The largest absolute Gasteiger partial charge is 0.355 e. The van der Waals surface area contributed by atoms with Crippen molar-refractivity contribution in [1.82, 2.24) is 10.3 Å². The molecule has 160 valence electrons. The third-order valence-corrected chi connectivity index (χ3v) is 8.62. The Morgan fingerprint density at radius 3 is 1.74 bits per heavy atom. The van der Waals surface area contributed by atoms with Gasteiger partial charge in [-0.05, 0) is 36.4 Å². The molecule has 0 spiro atoms. The SMILES string of the molecule is CNC(=O)c1ccc(NC=C(S(=O)(=O)c2ccccc2)S(=O)(=O)c2ccccc2)nc1. The van der Waals surface area contributed by atoms with Gasteiger partial charge < -0.3 is 10.6 Å². The lowest BCUT2D eigenvalue weighted by atomic mass is 10.2. The van der Waals surface area contributed by atoms with Crippen molar-refractivity contribution in [3.63, 3.8) is 0 Å². The van der Waals surface area contributed by atoms with E-state index in [1.54, 1.807) is 12.1 Å². The highest BCUT2D eigenvalue weighted by atomic mass is 32.3. The molecule has 3 rings (SSSR count). The second-order valence-electron chi connectivity index (χ2n) is 6.25. The number of benzene rings is 2. The molecular weight excluding hydrogens is 438 g/mol. The maximum Gasteiger partial charge on any atom is 0.252 e. The topological polar surface area (TPSA) is 122 Å². The zero-order valence-electron chi connectivity index (χ0n) is 16.4. The van der Waals surface area contributed by atoms with E-state index >= 15 is 0 Å². The minimum absolute atomic E-state index is 0.162. The summed E-state index contributed by atoms with van der Waals surface area (Å²) in [5, 5.41) is 5.07. The number of hydrogen-bond donors (Lipinski definition) is 2. The van der Waals surface area contributed by atoms with Crippen LogP contribution in [0, 0.1) is 0 Å². The van der Waals surface area contributed by atoms with Gasteiger partial charge in [0.05, 0.1) is 15.4 Å². The summed E-state index contributed by atoms with van der Waals surface area (Å²) in [6, 6.07) is 17.5. The Balaban J connectivity index is 2.07. The van der Waals surface area contributed by atoms with Crippen LogP contribution in [0.2, 0.25) is 0 Å². The highest BCUT2D eigenvalue weighted by Crippen LogP contribution is 2.29. The first-order valence-corrected chi connectivity index (χ1v) is 12.0. The Labute approximate surface area is 180 Å². The Bertz CT molecular complexity index is 1230. The number of sulfone groups is 2. The summed E-state index contributed by atoms with van der Waals surface area (Å²) in [4.78, 5) is 15.3. The summed E-state index contributed by atoms with van der Waals surface area (Å²) in [7, 11) is -7.29. The number of aromatic nitrogens is 1. The van der Waals surface area contributed by atoms with Gasteiger partial charge >= 0.3 is 0 Å². The van der Waals surface area contributed by atoms with Crippen molar-refractivity contribution < 1.29 is 21.6 Å². The van der Waals surface area contributed by atoms with E-state index in [0.717, 1.165) is 6.20 Å². The van der Waals surface area contributed by atoms with Crippen molar-refractivity contribution in [2.24, 2.45) is 0 Å². The number of carbonyl (C=O) groups is 1. The van der Waals surface area contributed by atoms with Crippen LogP contribution in [0.4, 0.5) is 5.82 Å². The Morgan fingerprint density at radius 1 is 0.806 bits per heavy atom. The van der Waals surface area contributed by atoms with Gasteiger partial charge in [0.1, 0.15) is 5.82 Å². The lowest BCUT2D eigenvalue weighted by Crippen LogP contribution is -2.18. The molecule has 0 radical (unpaired) electrons. The number of amides is 1. The number of anilines is 1. The summed E-state index contributed by atoms with van der Waals surface area (Å²) >= 11 is 0. The molecule has 0 saturated carbocycles. The van der Waals surface area contributed by atoms with Gasteiger partial charge in [0, 0.05) is 19.4 Å². The molecule has 0 aliphatic carbocycles. The molecule has 1 aromatic heterocycles. The predicted octanol–water partition coefficient (Wildman–Crippen LogP) is 2.60. The van der Waals surface area contributed by atoms with Gasteiger partial charge in [0.2, 0.25) is 19.7 Å². The average Bonchev–Trinajstić information content (AvgIpc) is 2.80. The van der Waals surface area contributed by atoms with Gasteiger partial charge in [-0.25, -0.2) is 21.8 Å². The van der Waals surface area contributed by atoms with Crippen LogP contribution in [0.1, 0.15) is 10.4 Å². The van der Waals surface area contributed by atoms with E-state index in [4.69, 9.17) is 0 Å². The molecule has 0 atom stereocenters. The summed E-state index contributed by atoms with van der Waals surface area (Å²) < 4.78 is 52.0. The third-order valence-electron chi connectivity index (χ3n) is 4.23. The number of nitrogens with zero attached hydrogens (tertiary/aromatic N) is 1. The normalized spacial score (nSPS) is 11.4. The lowest BCUT2D eigenvalue weighted by molar-refractivity contribution is 0.0962. The van der Waals surface area contributed by atoms with E-state index < -0.39 is 23.9 Å². The van der Waals surface area contributed by atoms with E-state index in [-0.39, 0.29) is 21.5 Å². The molecule has 0 fully saturated rings. The maximum absolute atomic E-state index is 13.2. The monoisotopic (exact) mass is 457 g/mol. The van der Waals surface area contributed by atoms with Crippen LogP contribution in [-0.2, 0) is 19.7 Å². The molecule has 10 heteroatoms. The molecule has 8 nitrogen and oxygen atoms in total. The van der Waals surface area contributed by atoms with Gasteiger partial charge in [-0.3, -0.25) is 4.79 Å². The standard InChI is InChI=1S/C21H19N3O5S2/c1-22-21(25)16-12-13-19(23-14-16)24-15-20(30(26,27)17-8-4-2-5-9-17)31(28,29)18-10-6-3-7-11-18/h2-15H,1H3,(H,22,25)(H,23,24). The van der Waals surface area contributed by atoms with Crippen molar-refractivity contribution in [2.45, 2.75) is 9.79 Å². The highest BCUT2D eigenvalue weighted by molar-refractivity contribution is 8.14. The zero-order valence-corrected chi connectivity index (χ0v) is 18.0. The molecule has 0 aliphatic rings. The molecule has 2 aromatic carbocycles. The predicted molar refractivity (Wildman–Crippen MR) is 117 cm³/mol. The molecule has 0 bridgehead atoms. The zero-order chi connectivity index (χ0) is 22.5. The molecule has 0 saturated heterocycles. The van der Waals surface area contributed by atoms with E-state index in [9.17, 15) is 21.6 Å². The smallest absolute Gasteiger partial charge is 0.252 e. The number of nitrogens with one attached hydrogen (secondary N) is 2. The number of hydrogen-bond acceptors (Lipinski definition) is 7. The van der Waals surface area contributed by atoms with Gasteiger partial charge in [0.25, 0.3) is 5.91 Å². The first kappa shape index (κ1) is 22.2. The molecular formula is C21H19N3O5S2. The van der Waals surface area contributed by atoms with Gasteiger partial charge in [-0.2, -0.15) is 0 Å². The summed E-state index contributed by atoms with van der Waals surface area (Å²) in [5.74, 6) is -0.176. The van der Waals surface area contributed by atoms with E-state index in [0.29, 0.717) is 5.56 Å². The summed E-state index contributed by atoms with van der Waals surface area (Å²) in [5.41, 5.74) is 0.297. The fraction of sp³-hybridized carbons (Fsp3) is 0.0476. The van der Waals surface area contributed by atoms with Gasteiger partial charge in [-0.1, -0.05) is 36.4 Å². The van der Waals surface area contributed by atoms with Crippen LogP contribution in [0.3, 0.4) is 0 Å². The molecule has 3 aromatic rings. The molecule has 0 aliphatic heterocycles. The van der Waals surface area contributed by atoms with Crippen molar-refractivity contribution in [3.05, 3.63) is 95.0 Å². The fourth-order valence-electron chi connectivity index (χ4n) is 2.62. The van der Waals surface area contributed by atoms with E-state index in [1.807, 2.05) is 0 Å². The van der Waals surface area contributed by atoms with E-state index in [1.165, 1.54) is 73.9 Å². The maximum atomic E-state index is 13.2. The first-order valence-electron chi connectivity index (χ1n) is 9.02. The van der Waals surface area contributed by atoms with Crippen LogP contribution in [-0.4, -0.2) is 34.8 Å². The molecule has 2 N–H and O–H groups in total. The fourth-order valence-corrected chi connectivity index (χ4v) is 6.28. The molecule has 1 amide bonds. The third kappa shape index (κ3) is 4.81. The van der Waals surface area contributed by atoms with Crippen LogP contribution < -0.4 is 10.6 Å². The molecule has 0 unspecified atom stereocenters. The van der Waals surface area contributed by atoms with Crippen molar-refractivity contribution in [3.8, 4) is 0 Å². The Kier molecular flexibility index (Phi) is 6.52. The van der Waals surface area contributed by atoms with Crippen LogP contribution >= 0.6 is 0 Å². The van der Waals surface area contributed by atoms with Gasteiger partial charge in [0.15, 0.2) is 4.24 Å². The second kappa shape index (κ2) is 9.11. The van der Waals surface area contributed by atoms with Crippen molar-refractivity contribution in [1.29, 1.82) is 0 Å². The lowest BCUT2D eigenvalue weighted by Gasteiger charge is -2.11. The average molecular weight is 458 g/mol. The number of carbonyl (C=O) groups excluding carboxylic acids is 1. The highest BCUT2D eigenvalue weighted by Gasteiger charge is 2.33. The minimum atomic E-state index is -4.38. The van der Waals surface area contributed by atoms with Crippen molar-refractivity contribution >= 4 is 31.4 Å². The second-order valence-corrected chi connectivity index (χ2v) is 10.3. The minimum Gasteiger partial charge on any atom is -0.355 e. The molecule has 1 heterocycles. The quantitative estimate of drug-likeness (QED) is 0.559. The number of rotatable bonds is 7. The number of pyridine rings is 1. The van der Waals surface area contributed by atoms with Gasteiger partial charge in [-0.15, -0.1) is 0 Å². The summed E-state index contributed by atoms with van der Waals surface area (Å²) in [6.45, 7) is 0. The van der Waals surface area contributed by atoms with Crippen LogP contribution in [0.5, 0.6) is 0 Å². The Morgan fingerprint density at radius 2 is 1.32 bits per heavy atom. The van der Waals surface area contributed by atoms with Crippen molar-refractivity contribution in [2.75, 3.05) is 12.4 Å². The van der Waals surface area contributed by atoms with Crippen LogP contribution in [0.25, 0.3) is 0 Å². The summed E-state index contributed by atoms with van der Waals surface area (Å²) in [6.07, 6.45) is 2.18. The Hall–Kier alpha value is -3.50. The van der Waals surface area contributed by atoms with Crippen LogP contribution in [0.15, 0.2) is 99.2 Å².